The van der Waals surface area contributed by atoms with Crippen molar-refractivity contribution in [1.29, 1.82) is 0 Å². The van der Waals surface area contributed by atoms with Gasteiger partial charge in [-0.3, -0.25) is 9.59 Å². The van der Waals surface area contributed by atoms with Crippen molar-refractivity contribution in [3.05, 3.63) is 97.6 Å². The van der Waals surface area contributed by atoms with Gasteiger partial charge in [0.05, 0.1) is 5.56 Å². The van der Waals surface area contributed by atoms with Crippen molar-refractivity contribution in [2.45, 2.75) is 6.92 Å². The maximum absolute atomic E-state index is 12.7. The SMILES string of the molecule is Cc1c(OCC(=O)c2ccc(Br)cc2)ccc2c1O/C(=C\c1ccccc1Br)C2=O. The normalized spacial score (nSPS) is 13.8. The number of rotatable bonds is 5. The zero-order chi connectivity index (χ0) is 21.3. The summed E-state index contributed by atoms with van der Waals surface area (Å²) in [5, 5.41) is 0. The maximum atomic E-state index is 12.7. The van der Waals surface area contributed by atoms with Gasteiger partial charge in [0.25, 0.3) is 0 Å². The highest BCUT2D eigenvalue weighted by atomic mass is 79.9. The molecule has 0 saturated carbocycles. The van der Waals surface area contributed by atoms with Gasteiger partial charge in [-0.1, -0.05) is 62.2 Å². The number of ketones is 2. The molecule has 1 aliphatic heterocycles. The van der Waals surface area contributed by atoms with Crippen LogP contribution >= 0.6 is 31.9 Å². The van der Waals surface area contributed by atoms with Crippen molar-refractivity contribution in [3.8, 4) is 11.5 Å². The smallest absolute Gasteiger partial charge is 0.231 e. The van der Waals surface area contributed by atoms with Crippen LogP contribution in [0.1, 0.15) is 31.8 Å². The fourth-order valence-corrected chi connectivity index (χ4v) is 3.78. The quantitative estimate of drug-likeness (QED) is 0.284. The summed E-state index contributed by atoms with van der Waals surface area (Å²) < 4.78 is 13.4. The molecule has 0 bridgehead atoms. The molecule has 1 heterocycles. The average molecular weight is 528 g/mol. The Kier molecular flexibility index (Phi) is 5.88. The van der Waals surface area contributed by atoms with Crippen LogP contribution in [0.5, 0.6) is 11.5 Å². The summed E-state index contributed by atoms with van der Waals surface area (Å²) >= 11 is 6.83. The molecule has 4 rings (SSSR count). The number of hydrogen-bond donors (Lipinski definition) is 0. The van der Waals surface area contributed by atoms with E-state index in [9.17, 15) is 9.59 Å². The molecule has 0 radical (unpaired) electrons. The Hall–Kier alpha value is -2.70. The van der Waals surface area contributed by atoms with Crippen LogP contribution in [0.15, 0.2) is 75.4 Å². The van der Waals surface area contributed by atoms with Crippen molar-refractivity contribution in [1.82, 2.24) is 0 Å². The number of carbonyl (C=O) groups excluding carboxylic acids is 2. The maximum Gasteiger partial charge on any atom is 0.231 e. The van der Waals surface area contributed by atoms with E-state index in [0.29, 0.717) is 28.2 Å². The van der Waals surface area contributed by atoms with Crippen molar-refractivity contribution in [2.24, 2.45) is 0 Å². The van der Waals surface area contributed by atoms with Gasteiger partial charge in [0.1, 0.15) is 11.5 Å². The van der Waals surface area contributed by atoms with E-state index in [1.807, 2.05) is 43.3 Å². The molecule has 0 N–H and O–H groups in total. The number of Topliss-reactive ketones (excluding diaryl/α,β-unsaturated/α-hetero) is 2. The fourth-order valence-electron chi connectivity index (χ4n) is 3.12. The Labute approximate surface area is 190 Å². The van der Waals surface area contributed by atoms with E-state index >= 15 is 0 Å². The van der Waals surface area contributed by atoms with E-state index in [-0.39, 0.29) is 23.9 Å². The molecular weight excluding hydrogens is 512 g/mol. The lowest BCUT2D eigenvalue weighted by atomic mass is 10.1. The molecule has 3 aromatic carbocycles. The van der Waals surface area contributed by atoms with Crippen LogP contribution in [-0.2, 0) is 0 Å². The number of ether oxygens (including phenoxy) is 2. The topological polar surface area (TPSA) is 52.6 Å². The van der Waals surface area contributed by atoms with Gasteiger partial charge in [0.2, 0.25) is 5.78 Å². The van der Waals surface area contributed by atoms with E-state index in [0.717, 1.165) is 14.5 Å². The first-order valence-electron chi connectivity index (χ1n) is 9.18. The van der Waals surface area contributed by atoms with E-state index in [2.05, 4.69) is 31.9 Å². The fraction of sp³-hybridized carbons (Fsp3) is 0.0833. The minimum Gasteiger partial charge on any atom is -0.485 e. The second-order valence-electron chi connectivity index (χ2n) is 6.75. The van der Waals surface area contributed by atoms with Crippen LogP contribution in [-0.4, -0.2) is 18.2 Å². The molecule has 4 nitrogen and oxygen atoms in total. The molecule has 0 fully saturated rings. The van der Waals surface area contributed by atoms with Crippen LogP contribution < -0.4 is 9.47 Å². The number of halogens is 2. The molecule has 0 atom stereocenters. The summed E-state index contributed by atoms with van der Waals surface area (Å²) in [5.41, 5.74) is 2.59. The third kappa shape index (κ3) is 4.11. The molecule has 6 heteroatoms. The predicted molar refractivity (Wildman–Crippen MR) is 122 cm³/mol. The predicted octanol–water partition coefficient (Wildman–Crippen LogP) is 6.40. The van der Waals surface area contributed by atoms with Crippen molar-refractivity contribution in [3.63, 3.8) is 0 Å². The number of allylic oxidation sites excluding steroid dienone is 1. The van der Waals surface area contributed by atoms with Gasteiger partial charge < -0.3 is 9.47 Å². The van der Waals surface area contributed by atoms with Crippen LogP contribution in [0.2, 0.25) is 0 Å². The Morgan fingerprint density at radius 3 is 2.50 bits per heavy atom. The first-order chi connectivity index (χ1) is 14.4. The number of benzene rings is 3. The molecule has 0 spiro atoms. The Morgan fingerprint density at radius 1 is 1.03 bits per heavy atom. The highest BCUT2D eigenvalue weighted by Crippen LogP contribution is 2.39. The monoisotopic (exact) mass is 526 g/mol. The summed E-state index contributed by atoms with van der Waals surface area (Å²) in [6, 6.07) is 18.1. The third-order valence-electron chi connectivity index (χ3n) is 4.75. The van der Waals surface area contributed by atoms with E-state index in [1.165, 1.54) is 0 Å². The van der Waals surface area contributed by atoms with Crippen molar-refractivity contribution < 1.29 is 19.1 Å². The minimum absolute atomic E-state index is 0.102. The zero-order valence-electron chi connectivity index (χ0n) is 15.9. The van der Waals surface area contributed by atoms with Crippen molar-refractivity contribution in [2.75, 3.05) is 6.61 Å². The molecule has 3 aromatic rings. The van der Waals surface area contributed by atoms with Crippen LogP contribution in [0.4, 0.5) is 0 Å². The first-order valence-corrected chi connectivity index (χ1v) is 10.8. The lowest BCUT2D eigenvalue weighted by Crippen LogP contribution is -2.12. The van der Waals surface area contributed by atoms with E-state index < -0.39 is 0 Å². The van der Waals surface area contributed by atoms with Gasteiger partial charge in [-0.2, -0.15) is 0 Å². The lowest BCUT2D eigenvalue weighted by molar-refractivity contribution is 0.0920. The highest BCUT2D eigenvalue weighted by molar-refractivity contribution is 9.10. The lowest BCUT2D eigenvalue weighted by Gasteiger charge is -2.11. The molecule has 0 aromatic heterocycles. The van der Waals surface area contributed by atoms with Gasteiger partial charge in [0.15, 0.2) is 18.1 Å². The van der Waals surface area contributed by atoms with Gasteiger partial charge in [0, 0.05) is 20.1 Å². The molecule has 150 valence electrons. The summed E-state index contributed by atoms with van der Waals surface area (Å²) in [4.78, 5) is 25.1. The Morgan fingerprint density at radius 2 is 1.77 bits per heavy atom. The summed E-state index contributed by atoms with van der Waals surface area (Å²) in [6.07, 6.45) is 1.71. The van der Waals surface area contributed by atoms with E-state index in [1.54, 1.807) is 30.3 Å². The van der Waals surface area contributed by atoms with Gasteiger partial charge >= 0.3 is 0 Å². The Balaban J connectivity index is 1.54. The summed E-state index contributed by atoms with van der Waals surface area (Å²) in [5.74, 6) is 0.916. The second-order valence-corrected chi connectivity index (χ2v) is 8.52. The minimum atomic E-state index is -0.179. The van der Waals surface area contributed by atoms with E-state index in [4.69, 9.17) is 9.47 Å². The number of fused-ring (bicyclic) bond motifs is 1. The molecule has 30 heavy (non-hydrogen) atoms. The van der Waals surface area contributed by atoms with Crippen LogP contribution in [0.3, 0.4) is 0 Å². The van der Waals surface area contributed by atoms with Gasteiger partial charge in [-0.15, -0.1) is 0 Å². The standard InChI is InChI=1S/C24H16Br2O4/c1-14-21(29-13-20(27)15-6-8-17(25)9-7-15)11-10-18-23(28)22(30-24(14)18)12-16-4-2-3-5-19(16)26/h2-12H,13H2,1H3/b22-12-. The first kappa shape index (κ1) is 20.6. The van der Waals surface area contributed by atoms with Gasteiger partial charge in [-0.25, -0.2) is 0 Å². The van der Waals surface area contributed by atoms with Crippen molar-refractivity contribution >= 4 is 49.5 Å². The van der Waals surface area contributed by atoms with Gasteiger partial charge in [-0.05, 0) is 48.9 Å². The number of carbonyl (C=O) groups is 2. The molecule has 0 saturated heterocycles. The molecule has 0 unspecified atom stereocenters. The number of hydrogen-bond acceptors (Lipinski definition) is 4. The molecular formula is C24H16Br2O4. The molecule has 1 aliphatic rings. The average Bonchev–Trinajstić information content (AvgIpc) is 3.06. The summed E-state index contributed by atoms with van der Waals surface area (Å²) in [7, 11) is 0. The Bertz CT molecular complexity index is 1180. The highest BCUT2D eigenvalue weighted by Gasteiger charge is 2.30. The van der Waals surface area contributed by atoms with Crippen LogP contribution in [0.25, 0.3) is 6.08 Å². The zero-order valence-corrected chi connectivity index (χ0v) is 19.1. The van der Waals surface area contributed by atoms with Crippen LogP contribution in [0, 0.1) is 6.92 Å². The second kappa shape index (κ2) is 8.58. The largest absolute Gasteiger partial charge is 0.485 e. The molecule has 0 aliphatic carbocycles. The third-order valence-corrected chi connectivity index (χ3v) is 6.00. The molecule has 0 amide bonds. The summed E-state index contributed by atoms with van der Waals surface area (Å²) in [6.45, 7) is 1.71.